The molecule has 0 aliphatic rings. The van der Waals surface area contributed by atoms with Gasteiger partial charge in [-0.25, -0.2) is 0 Å². The quantitative estimate of drug-likeness (QED) is 0.317. The van der Waals surface area contributed by atoms with E-state index in [2.05, 4.69) is 0 Å². The molecular formula is C5H11LiO. The van der Waals surface area contributed by atoms with Gasteiger partial charge in [0.25, 0.3) is 0 Å². The van der Waals surface area contributed by atoms with E-state index in [0.717, 1.165) is 6.29 Å². The van der Waals surface area contributed by atoms with E-state index >= 15 is 0 Å². The summed E-state index contributed by atoms with van der Waals surface area (Å²) in [6, 6.07) is 0. The van der Waals surface area contributed by atoms with Gasteiger partial charge in [-0.15, -0.1) is 0 Å². The molecule has 7 heavy (non-hydrogen) atoms. The molecule has 0 fully saturated rings. The molecule has 0 saturated heterocycles. The van der Waals surface area contributed by atoms with Gasteiger partial charge in [-0.1, -0.05) is 20.8 Å². The summed E-state index contributed by atoms with van der Waals surface area (Å²) >= 11 is 0. The molecule has 0 aromatic carbocycles. The second kappa shape index (κ2) is 3.29. The number of carbonyl (C=O) groups is 1. The second-order valence-corrected chi connectivity index (χ2v) is 2.48. The van der Waals surface area contributed by atoms with Crippen LogP contribution in [0, 0.1) is 5.41 Å². The van der Waals surface area contributed by atoms with Gasteiger partial charge in [-0.05, 0) is 0 Å². The Morgan fingerprint density at radius 3 is 1.43 bits per heavy atom. The predicted octanol–water partition coefficient (Wildman–Crippen LogP) is 0.583. The first-order valence-corrected chi connectivity index (χ1v) is 2.02. The van der Waals surface area contributed by atoms with E-state index in [0.29, 0.717) is 0 Å². The average Bonchev–Trinajstić information content (AvgIpc) is 1.35. The van der Waals surface area contributed by atoms with Crippen LogP contribution in [0.1, 0.15) is 20.8 Å². The van der Waals surface area contributed by atoms with Crippen LogP contribution in [-0.2, 0) is 4.79 Å². The maximum atomic E-state index is 9.83. The van der Waals surface area contributed by atoms with Gasteiger partial charge < -0.3 is 4.79 Å². The maximum absolute atomic E-state index is 9.83. The molecule has 0 spiro atoms. The first kappa shape index (κ1) is 10.3. The Morgan fingerprint density at radius 1 is 1.29 bits per heavy atom. The topological polar surface area (TPSA) is 17.1 Å². The Labute approximate surface area is 56.7 Å². The van der Waals surface area contributed by atoms with E-state index in [9.17, 15) is 4.79 Å². The molecule has 1 nitrogen and oxygen atoms in total. The molecule has 0 aliphatic heterocycles. The zero-order valence-corrected chi connectivity index (χ0v) is 4.49. The third-order valence-electron chi connectivity index (χ3n) is 0.354. The number of carbonyl (C=O) groups excluding carboxylic acids is 1. The van der Waals surface area contributed by atoms with E-state index < -0.39 is 0 Å². The standard InChI is InChI=1S/C5H10O.Li.H/c1-5(2,3)4-6;;/h4H,1-3H3;;. The zero-order chi connectivity index (χ0) is 5.21. The summed E-state index contributed by atoms with van der Waals surface area (Å²) < 4.78 is 0. The molecule has 0 saturated carbocycles. The van der Waals surface area contributed by atoms with Crippen molar-refractivity contribution in [1.29, 1.82) is 0 Å². The van der Waals surface area contributed by atoms with E-state index in [4.69, 9.17) is 0 Å². The van der Waals surface area contributed by atoms with Crippen molar-refractivity contribution < 1.29 is 4.79 Å². The van der Waals surface area contributed by atoms with Crippen LogP contribution in [-0.4, -0.2) is 25.1 Å². The molecule has 2 heteroatoms. The van der Waals surface area contributed by atoms with Crippen LogP contribution in [0.25, 0.3) is 0 Å². The second-order valence-electron chi connectivity index (χ2n) is 2.48. The summed E-state index contributed by atoms with van der Waals surface area (Å²) in [6.45, 7) is 5.62. The summed E-state index contributed by atoms with van der Waals surface area (Å²) in [7, 11) is 0. The summed E-state index contributed by atoms with van der Waals surface area (Å²) in [5.74, 6) is 0. The molecule has 0 aromatic heterocycles. The molecule has 0 aliphatic carbocycles. The van der Waals surface area contributed by atoms with Crippen LogP contribution in [0.3, 0.4) is 0 Å². The molecule has 0 unspecified atom stereocenters. The SMILES string of the molecule is CC(C)(C)C=O.[LiH]. The van der Waals surface area contributed by atoms with E-state index in [1.807, 2.05) is 20.8 Å². The summed E-state index contributed by atoms with van der Waals surface area (Å²) in [5.41, 5.74) is -0.139. The Hall–Kier alpha value is 0.267. The van der Waals surface area contributed by atoms with Crippen LogP contribution < -0.4 is 0 Å². The van der Waals surface area contributed by atoms with Crippen molar-refractivity contribution in [2.24, 2.45) is 5.41 Å². The van der Waals surface area contributed by atoms with Gasteiger partial charge in [0, 0.05) is 5.41 Å². The number of hydrogen-bond donors (Lipinski definition) is 0. The van der Waals surface area contributed by atoms with Crippen molar-refractivity contribution in [2.45, 2.75) is 20.8 Å². The molecule has 0 amide bonds. The number of hydrogen-bond acceptors (Lipinski definition) is 1. The average molecular weight is 94.1 g/mol. The van der Waals surface area contributed by atoms with Crippen molar-refractivity contribution >= 4 is 25.1 Å². The van der Waals surface area contributed by atoms with E-state index in [1.54, 1.807) is 0 Å². The van der Waals surface area contributed by atoms with Gasteiger partial charge in [0.2, 0.25) is 0 Å². The molecule has 0 radical (unpaired) electrons. The van der Waals surface area contributed by atoms with E-state index in [1.165, 1.54) is 0 Å². The molecule has 0 atom stereocenters. The molecule has 0 rings (SSSR count). The van der Waals surface area contributed by atoms with Crippen molar-refractivity contribution in [1.82, 2.24) is 0 Å². The first-order valence-electron chi connectivity index (χ1n) is 2.02. The Bertz CT molecular complexity index is 53.6. The van der Waals surface area contributed by atoms with Gasteiger partial charge in [-0.2, -0.15) is 0 Å². The first-order chi connectivity index (χ1) is 2.56. The summed E-state index contributed by atoms with van der Waals surface area (Å²) in [4.78, 5) is 9.83. The fraction of sp³-hybridized carbons (Fsp3) is 0.800. The van der Waals surface area contributed by atoms with Crippen molar-refractivity contribution in [3.05, 3.63) is 0 Å². The van der Waals surface area contributed by atoms with E-state index in [-0.39, 0.29) is 24.3 Å². The van der Waals surface area contributed by atoms with Gasteiger partial charge in [-0.3, -0.25) is 0 Å². The fourth-order valence-corrected chi connectivity index (χ4v) is 0. The van der Waals surface area contributed by atoms with Crippen LogP contribution in [0.5, 0.6) is 0 Å². The van der Waals surface area contributed by atoms with Crippen LogP contribution in [0.15, 0.2) is 0 Å². The Balaban J connectivity index is 0. The predicted molar refractivity (Wildman–Crippen MR) is 32.7 cm³/mol. The van der Waals surface area contributed by atoms with Gasteiger partial charge in [0.1, 0.15) is 6.29 Å². The molecule has 0 N–H and O–H groups in total. The summed E-state index contributed by atoms with van der Waals surface area (Å²) in [5, 5.41) is 0. The monoisotopic (exact) mass is 94.1 g/mol. The van der Waals surface area contributed by atoms with Gasteiger partial charge in [0.05, 0.1) is 0 Å². The third kappa shape index (κ3) is 10.7. The minimum absolute atomic E-state index is 0. The van der Waals surface area contributed by atoms with Crippen LogP contribution in [0.4, 0.5) is 0 Å². The zero-order valence-electron chi connectivity index (χ0n) is 4.49. The van der Waals surface area contributed by atoms with Crippen molar-refractivity contribution in [3.8, 4) is 0 Å². The van der Waals surface area contributed by atoms with Crippen LogP contribution in [0.2, 0.25) is 0 Å². The summed E-state index contributed by atoms with van der Waals surface area (Å²) in [6.07, 6.45) is 0.938. The van der Waals surface area contributed by atoms with Crippen LogP contribution >= 0.6 is 0 Å². The van der Waals surface area contributed by atoms with Gasteiger partial charge in [0.15, 0.2) is 0 Å². The molecule has 0 bridgehead atoms. The fourth-order valence-electron chi connectivity index (χ4n) is 0. The van der Waals surface area contributed by atoms with Crippen molar-refractivity contribution in [3.63, 3.8) is 0 Å². The number of rotatable bonds is 0. The normalized spacial score (nSPS) is 9.57. The molecule has 38 valence electrons. The molecular weight excluding hydrogens is 83.0 g/mol. The molecule has 0 aromatic rings. The minimum atomic E-state index is -0.139. The Kier molecular flexibility index (Phi) is 4.84. The molecule has 0 heterocycles. The van der Waals surface area contributed by atoms with Crippen molar-refractivity contribution in [2.75, 3.05) is 0 Å². The van der Waals surface area contributed by atoms with Gasteiger partial charge >= 0.3 is 18.9 Å². The Morgan fingerprint density at radius 2 is 1.43 bits per heavy atom. The number of aldehydes is 1. The third-order valence-corrected chi connectivity index (χ3v) is 0.354.